The summed E-state index contributed by atoms with van der Waals surface area (Å²) >= 11 is 0. The molecule has 30 heavy (non-hydrogen) atoms. The summed E-state index contributed by atoms with van der Waals surface area (Å²) in [5.74, 6) is -0.933. The van der Waals surface area contributed by atoms with Crippen molar-refractivity contribution in [3.05, 3.63) is 64.1 Å². The highest BCUT2D eigenvalue weighted by Crippen LogP contribution is 2.18. The quantitative estimate of drug-likeness (QED) is 0.700. The molecule has 1 N–H and O–H groups in total. The lowest BCUT2D eigenvalue weighted by molar-refractivity contribution is 0.0739. The Balaban J connectivity index is 1.44. The maximum Gasteiger partial charge on any atom is 0.288 e. The van der Waals surface area contributed by atoms with Crippen LogP contribution in [0.25, 0.3) is 5.69 Å². The van der Waals surface area contributed by atoms with Gasteiger partial charge in [0.2, 0.25) is 11.8 Å². The monoisotopic (exact) mass is 411 g/mol. The number of halogens is 1. The molecule has 1 aromatic carbocycles. The number of rotatable bonds is 4. The molecule has 0 radical (unpaired) electrons. The largest absolute Gasteiger partial charge is 0.339 e. The van der Waals surface area contributed by atoms with Gasteiger partial charge in [0.1, 0.15) is 0 Å². The van der Waals surface area contributed by atoms with E-state index in [1.165, 1.54) is 11.0 Å². The lowest BCUT2D eigenvalue weighted by atomic mass is 10.1. The average Bonchev–Trinajstić information content (AvgIpc) is 3.26. The third-order valence-electron chi connectivity index (χ3n) is 4.99. The summed E-state index contributed by atoms with van der Waals surface area (Å²) in [5, 5.41) is 8.46. The molecule has 0 spiro atoms. The highest BCUT2D eigenvalue weighted by Gasteiger charge is 2.26. The predicted octanol–water partition coefficient (Wildman–Crippen LogP) is 1.58. The van der Waals surface area contributed by atoms with Crippen LogP contribution >= 0.6 is 0 Å². The van der Waals surface area contributed by atoms with Crippen molar-refractivity contribution in [2.24, 2.45) is 0 Å². The van der Waals surface area contributed by atoms with Crippen LogP contribution in [0.3, 0.4) is 0 Å². The first kappa shape index (κ1) is 19.7. The number of benzene rings is 1. The van der Waals surface area contributed by atoms with Crippen LogP contribution in [0.5, 0.6) is 0 Å². The number of H-pyrrole nitrogens is 1. The second-order valence-corrected chi connectivity index (χ2v) is 7.38. The highest BCUT2D eigenvalue weighted by atomic mass is 19.1. The number of carbonyl (C=O) groups excluding carboxylic acids is 1. The summed E-state index contributed by atoms with van der Waals surface area (Å²) in [6.07, 6.45) is 1.45. The van der Waals surface area contributed by atoms with Crippen LogP contribution in [0.4, 0.5) is 10.3 Å². The van der Waals surface area contributed by atoms with Gasteiger partial charge in [-0.05, 0) is 18.1 Å². The maximum absolute atomic E-state index is 14.0. The van der Waals surface area contributed by atoms with Gasteiger partial charge in [0.25, 0.3) is 11.5 Å². The van der Waals surface area contributed by atoms with Crippen molar-refractivity contribution in [1.82, 2.24) is 29.9 Å². The highest BCUT2D eigenvalue weighted by molar-refractivity contribution is 5.92. The molecule has 0 atom stereocenters. The van der Waals surface area contributed by atoms with E-state index >= 15 is 0 Å². The van der Waals surface area contributed by atoms with Gasteiger partial charge in [-0.2, -0.15) is 14.3 Å². The van der Waals surface area contributed by atoms with E-state index in [4.69, 9.17) is 0 Å². The van der Waals surface area contributed by atoms with Crippen LogP contribution in [0.2, 0.25) is 0 Å². The van der Waals surface area contributed by atoms with Crippen molar-refractivity contribution >= 4 is 11.9 Å². The second kappa shape index (κ2) is 8.05. The molecular formula is C20H22FN7O2. The molecule has 3 heterocycles. The number of anilines is 1. The first-order valence-electron chi connectivity index (χ1n) is 9.75. The van der Waals surface area contributed by atoms with Crippen molar-refractivity contribution in [2.45, 2.75) is 19.8 Å². The SMILES string of the molecule is CC(C)c1nc(N2CCN(C(=O)c3cnn(-c4ccccc4)n3)CC2)[nH]c(=O)c1F. The van der Waals surface area contributed by atoms with Crippen LogP contribution < -0.4 is 10.5 Å². The average molecular weight is 411 g/mol. The molecule has 9 nitrogen and oxygen atoms in total. The molecule has 1 fully saturated rings. The zero-order valence-electron chi connectivity index (χ0n) is 16.7. The third-order valence-corrected chi connectivity index (χ3v) is 4.99. The molecule has 156 valence electrons. The van der Waals surface area contributed by atoms with Gasteiger partial charge in [-0.1, -0.05) is 32.0 Å². The van der Waals surface area contributed by atoms with Crippen molar-refractivity contribution in [1.29, 1.82) is 0 Å². The van der Waals surface area contributed by atoms with Crippen LogP contribution in [-0.2, 0) is 0 Å². The number of piperazine rings is 1. The second-order valence-electron chi connectivity index (χ2n) is 7.38. The number of aromatic amines is 1. The molecule has 0 saturated carbocycles. The standard InChI is InChI=1S/C20H22FN7O2/c1-13(2)17-16(21)18(29)24-20(23-17)27-10-8-26(9-11-27)19(30)15-12-22-28(25-15)14-6-4-3-5-7-14/h3-7,12-13H,8-11H2,1-2H3,(H,23,24,29). The fourth-order valence-electron chi connectivity index (χ4n) is 3.33. The van der Waals surface area contributed by atoms with Crippen molar-refractivity contribution < 1.29 is 9.18 Å². The third kappa shape index (κ3) is 3.80. The molecule has 1 aliphatic heterocycles. The normalized spacial score (nSPS) is 14.4. The van der Waals surface area contributed by atoms with Crippen LogP contribution in [0, 0.1) is 5.82 Å². The molecule has 0 unspecified atom stereocenters. The number of nitrogens with one attached hydrogen (secondary N) is 1. The minimum atomic E-state index is -0.843. The van der Waals surface area contributed by atoms with Gasteiger partial charge in [-0.15, -0.1) is 5.10 Å². The lowest BCUT2D eigenvalue weighted by Crippen LogP contribution is -2.49. The molecule has 10 heteroatoms. The summed E-state index contributed by atoms with van der Waals surface area (Å²) < 4.78 is 14.0. The smallest absolute Gasteiger partial charge is 0.288 e. The molecule has 0 bridgehead atoms. The van der Waals surface area contributed by atoms with Gasteiger partial charge in [0.15, 0.2) is 5.69 Å². The predicted molar refractivity (Wildman–Crippen MR) is 108 cm³/mol. The summed E-state index contributed by atoms with van der Waals surface area (Å²) in [6, 6.07) is 9.35. The number of amides is 1. The Morgan fingerprint density at radius 2 is 1.83 bits per heavy atom. The number of aromatic nitrogens is 5. The fourth-order valence-corrected chi connectivity index (χ4v) is 3.33. The van der Waals surface area contributed by atoms with Gasteiger partial charge in [0, 0.05) is 26.2 Å². The Bertz CT molecular complexity index is 1100. The van der Waals surface area contributed by atoms with Gasteiger partial charge in [0.05, 0.1) is 17.6 Å². The molecule has 0 aliphatic carbocycles. The van der Waals surface area contributed by atoms with Crippen molar-refractivity contribution in [3.8, 4) is 5.69 Å². The molecular weight excluding hydrogens is 389 g/mol. The van der Waals surface area contributed by atoms with Gasteiger partial charge in [-0.3, -0.25) is 14.6 Å². The van der Waals surface area contributed by atoms with Gasteiger partial charge < -0.3 is 9.80 Å². The van der Waals surface area contributed by atoms with Gasteiger partial charge in [-0.25, -0.2) is 4.98 Å². The van der Waals surface area contributed by atoms with Crippen molar-refractivity contribution in [2.75, 3.05) is 31.1 Å². The number of hydrogen-bond acceptors (Lipinski definition) is 6. The van der Waals surface area contributed by atoms with E-state index in [2.05, 4.69) is 20.2 Å². The molecule has 1 saturated heterocycles. The van der Waals surface area contributed by atoms with Gasteiger partial charge >= 0.3 is 0 Å². The van der Waals surface area contributed by atoms with Crippen LogP contribution in [-0.4, -0.2) is 61.9 Å². The van der Waals surface area contributed by atoms with Crippen molar-refractivity contribution in [3.63, 3.8) is 0 Å². The molecule has 1 aliphatic rings. The molecule has 3 aromatic rings. The number of hydrogen-bond donors (Lipinski definition) is 1. The Morgan fingerprint density at radius 1 is 1.13 bits per heavy atom. The Kier molecular flexibility index (Phi) is 5.30. The fraction of sp³-hybridized carbons (Fsp3) is 0.350. The molecule has 1 amide bonds. The number of nitrogens with zero attached hydrogens (tertiary/aromatic N) is 6. The zero-order valence-corrected chi connectivity index (χ0v) is 16.7. The van der Waals surface area contributed by atoms with Crippen LogP contribution in [0.1, 0.15) is 35.9 Å². The van der Waals surface area contributed by atoms with Crippen LogP contribution in [0.15, 0.2) is 41.3 Å². The van der Waals surface area contributed by atoms with E-state index in [0.717, 1.165) is 5.69 Å². The zero-order chi connectivity index (χ0) is 21.3. The number of para-hydroxylation sites is 1. The molecule has 4 rings (SSSR count). The van der Waals surface area contributed by atoms with E-state index in [0.29, 0.717) is 32.1 Å². The van der Waals surface area contributed by atoms with E-state index in [9.17, 15) is 14.0 Å². The summed E-state index contributed by atoms with van der Waals surface area (Å²) in [4.78, 5) is 36.4. The van der Waals surface area contributed by atoms with E-state index in [1.54, 1.807) is 18.7 Å². The first-order valence-corrected chi connectivity index (χ1v) is 9.75. The topological polar surface area (TPSA) is 100 Å². The Morgan fingerprint density at radius 3 is 2.50 bits per heavy atom. The lowest BCUT2D eigenvalue weighted by Gasteiger charge is -2.34. The first-order chi connectivity index (χ1) is 14.4. The summed E-state index contributed by atoms with van der Waals surface area (Å²) in [6.45, 7) is 5.35. The molecule has 2 aromatic heterocycles. The van der Waals surface area contributed by atoms with E-state index in [1.807, 2.05) is 35.2 Å². The number of carbonyl (C=O) groups is 1. The Labute approximate surface area is 172 Å². The van der Waals surface area contributed by atoms with E-state index in [-0.39, 0.29) is 23.2 Å². The Hall–Kier alpha value is -3.56. The van der Waals surface area contributed by atoms with E-state index < -0.39 is 11.4 Å². The summed E-state index contributed by atoms with van der Waals surface area (Å²) in [7, 11) is 0. The maximum atomic E-state index is 14.0. The summed E-state index contributed by atoms with van der Waals surface area (Å²) in [5.41, 5.74) is 0.404. The minimum Gasteiger partial charge on any atom is -0.339 e. The minimum absolute atomic E-state index is 0.143.